The second kappa shape index (κ2) is 4.53. The van der Waals surface area contributed by atoms with E-state index in [-0.39, 0.29) is 0 Å². The van der Waals surface area contributed by atoms with Crippen molar-refractivity contribution in [2.45, 2.75) is 51.1 Å². The highest BCUT2D eigenvalue weighted by atomic mass is 16.5. The Bertz CT molecular complexity index is 417. The third-order valence-corrected chi connectivity index (χ3v) is 4.37. The maximum atomic E-state index is 5.41. The standard InChI is InChI=1S/C13H22N4O/c1-9(2)12-14-13(18-15-12)17-7-6-10-4-5-11(8-17)16(10)3/h9-11H,4-8H2,1-3H3. The molecule has 0 amide bonds. The predicted molar refractivity (Wildman–Crippen MR) is 69.8 cm³/mol. The molecule has 2 aliphatic rings. The Balaban J connectivity index is 1.76. The van der Waals surface area contributed by atoms with Gasteiger partial charge in [-0.1, -0.05) is 19.0 Å². The second-order valence-corrected chi connectivity index (χ2v) is 5.88. The van der Waals surface area contributed by atoms with E-state index < -0.39 is 0 Å². The van der Waals surface area contributed by atoms with Crippen LogP contribution in [0.5, 0.6) is 0 Å². The lowest BCUT2D eigenvalue weighted by atomic mass is 10.1. The van der Waals surface area contributed by atoms with E-state index in [1.807, 2.05) is 0 Å². The first-order valence-electron chi connectivity index (χ1n) is 6.95. The largest absolute Gasteiger partial charge is 0.324 e. The molecule has 3 heterocycles. The van der Waals surface area contributed by atoms with Crippen molar-refractivity contribution in [3.8, 4) is 0 Å². The number of fused-ring (bicyclic) bond motifs is 2. The number of nitrogens with zero attached hydrogens (tertiary/aromatic N) is 4. The average molecular weight is 250 g/mol. The molecule has 2 saturated heterocycles. The van der Waals surface area contributed by atoms with Crippen LogP contribution in [0.3, 0.4) is 0 Å². The van der Waals surface area contributed by atoms with Gasteiger partial charge in [0.15, 0.2) is 5.82 Å². The van der Waals surface area contributed by atoms with Crippen LogP contribution in [0.1, 0.15) is 44.9 Å². The van der Waals surface area contributed by atoms with E-state index in [2.05, 4.69) is 40.8 Å². The normalized spacial score (nSPS) is 29.0. The minimum atomic E-state index is 0.327. The highest BCUT2D eigenvalue weighted by Crippen LogP contribution is 2.30. The summed E-state index contributed by atoms with van der Waals surface area (Å²) in [6.45, 7) is 6.23. The SMILES string of the molecule is CC(C)c1noc(N2CCC3CCC(C2)N3C)n1. The Morgan fingerprint density at radius 3 is 2.72 bits per heavy atom. The summed E-state index contributed by atoms with van der Waals surface area (Å²) < 4.78 is 5.41. The molecule has 0 N–H and O–H groups in total. The third kappa shape index (κ3) is 2.00. The lowest BCUT2D eigenvalue weighted by molar-refractivity contribution is 0.254. The van der Waals surface area contributed by atoms with Gasteiger partial charge in [0, 0.05) is 31.1 Å². The Morgan fingerprint density at radius 2 is 2.00 bits per heavy atom. The molecule has 0 radical (unpaired) electrons. The van der Waals surface area contributed by atoms with Gasteiger partial charge in [-0.2, -0.15) is 4.98 Å². The molecule has 3 rings (SSSR count). The summed E-state index contributed by atoms with van der Waals surface area (Å²) in [5.74, 6) is 1.14. The highest BCUT2D eigenvalue weighted by molar-refractivity contribution is 5.27. The molecular weight excluding hydrogens is 228 g/mol. The van der Waals surface area contributed by atoms with E-state index in [1.54, 1.807) is 0 Å². The molecule has 18 heavy (non-hydrogen) atoms. The molecule has 0 aliphatic carbocycles. The van der Waals surface area contributed by atoms with Crippen LogP contribution >= 0.6 is 0 Å². The zero-order valence-electron chi connectivity index (χ0n) is 11.5. The van der Waals surface area contributed by atoms with Crippen molar-refractivity contribution in [2.24, 2.45) is 0 Å². The number of rotatable bonds is 2. The predicted octanol–water partition coefficient (Wildman–Crippen LogP) is 1.87. The van der Waals surface area contributed by atoms with Gasteiger partial charge in [-0.05, 0) is 26.3 Å². The van der Waals surface area contributed by atoms with Gasteiger partial charge in [0.2, 0.25) is 0 Å². The van der Waals surface area contributed by atoms with Crippen molar-refractivity contribution in [3.05, 3.63) is 5.82 Å². The molecule has 0 aromatic carbocycles. The van der Waals surface area contributed by atoms with Crippen LogP contribution in [0.4, 0.5) is 6.01 Å². The fourth-order valence-electron chi connectivity index (χ4n) is 3.07. The number of hydrogen-bond donors (Lipinski definition) is 0. The van der Waals surface area contributed by atoms with E-state index in [4.69, 9.17) is 4.52 Å². The van der Waals surface area contributed by atoms with Crippen LogP contribution in [0.2, 0.25) is 0 Å². The Labute approximate surface area is 108 Å². The van der Waals surface area contributed by atoms with Crippen LogP contribution in [0.25, 0.3) is 0 Å². The van der Waals surface area contributed by atoms with E-state index in [1.165, 1.54) is 19.3 Å². The van der Waals surface area contributed by atoms with Gasteiger partial charge in [0.25, 0.3) is 0 Å². The number of anilines is 1. The Morgan fingerprint density at radius 1 is 1.22 bits per heavy atom. The lowest BCUT2D eigenvalue weighted by Gasteiger charge is -2.23. The Hall–Kier alpha value is -1.10. The molecule has 0 spiro atoms. The first-order chi connectivity index (χ1) is 8.65. The summed E-state index contributed by atoms with van der Waals surface area (Å²) >= 11 is 0. The van der Waals surface area contributed by atoms with Crippen LogP contribution < -0.4 is 4.90 Å². The van der Waals surface area contributed by atoms with Crippen LogP contribution in [-0.4, -0.2) is 47.3 Å². The van der Waals surface area contributed by atoms with Gasteiger partial charge in [-0.15, -0.1) is 0 Å². The topological polar surface area (TPSA) is 45.4 Å². The maximum absolute atomic E-state index is 5.41. The molecule has 2 aliphatic heterocycles. The minimum absolute atomic E-state index is 0.327. The van der Waals surface area contributed by atoms with Gasteiger partial charge in [-0.25, -0.2) is 0 Å². The minimum Gasteiger partial charge on any atom is -0.323 e. The van der Waals surface area contributed by atoms with Crippen molar-refractivity contribution < 1.29 is 4.52 Å². The van der Waals surface area contributed by atoms with E-state index in [9.17, 15) is 0 Å². The van der Waals surface area contributed by atoms with E-state index >= 15 is 0 Å². The second-order valence-electron chi connectivity index (χ2n) is 5.88. The summed E-state index contributed by atoms with van der Waals surface area (Å²) in [4.78, 5) is 9.30. The fraction of sp³-hybridized carbons (Fsp3) is 0.846. The molecule has 2 atom stereocenters. The van der Waals surface area contributed by atoms with Crippen LogP contribution in [-0.2, 0) is 0 Å². The lowest BCUT2D eigenvalue weighted by Crippen LogP contribution is -2.36. The summed E-state index contributed by atoms with van der Waals surface area (Å²) in [6, 6.07) is 2.10. The average Bonchev–Trinajstić information content (AvgIpc) is 2.86. The maximum Gasteiger partial charge on any atom is 0.324 e. The summed E-state index contributed by atoms with van der Waals surface area (Å²) in [6.07, 6.45) is 3.84. The molecule has 5 nitrogen and oxygen atoms in total. The summed E-state index contributed by atoms with van der Waals surface area (Å²) in [5, 5.41) is 4.06. The zero-order chi connectivity index (χ0) is 12.7. The highest BCUT2D eigenvalue weighted by Gasteiger charge is 2.35. The zero-order valence-corrected chi connectivity index (χ0v) is 11.5. The fourth-order valence-corrected chi connectivity index (χ4v) is 3.07. The van der Waals surface area contributed by atoms with Gasteiger partial charge in [-0.3, -0.25) is 4.90 Å². The molecule has 100 valence electrons. The number of aromatic nitrogens is 2. The summed E-state index contributed by atoms with van der Waals surface area (Å²) in [7, 11) is 2.25. The third-order valence-electron chi connectivity index (χ3n) is 4.37. The Kier molecular flexibility index (Phi) is 3.01. The summed E-state index contributed by atoms with van der Waals surface area (Å²) in [5.41, 5.74) is 0. The smallest absolute Gasteiger partial charge is 0.323 e. The van der Waals surface area contributed by atoms with Gasteiger partial charge in [0.05, 0.1) is 0 Å². The molecule has 1 aromatic rings. The first-order valence-corrected chi connectivity index (χ1v) is 6.95. The number of likely N-dealkylation sites (N-methyl/N-ethyl adjacent to an activating group) is 1. The molecule has 2 fully saturated rings. The van der Waals surface area contributed by atoms with Crippen LogP contribution in [0, 0.1) is 0 Å². The molecule has 2 bridgehead atoms. The van der Waals surface area contributed by atoms with E-state index in [0.717, 1.165) is 25.0 Å². The van der Waals surface area contributed by atoms with Gasteiger partial charge >= 0.3 is 6.01 Å². The molecule has 1 aromatic heterocycles. The molecular formula is C13H22N4O. The van der Waals surface area contributed by atoms with Crippen molar-refractivity contribution in [1.82, 2.24) is 15.0 Å². The first kappa shape index (κ1) is 12.0. The molecule has 5 heteroatoms. The monoisotopic (exact) mass is 250 g/mol. The molecule has 0 saturated carbocycles. The van der Waals surface area contributed by atoms with E-state index in [0.29, 0.717) is 18.0 Å². The molecule has 2 unspecified atom stereocenters. The van der Waals surface area contributed by atoms with Gasteiger partial charge < -0.3 is 9.42 Å². The number of hydrogen-bond acceptors (Lipinski definition) is 5. The van der Waals surface area contributed by atoms with Crippen molar-refractivity contribution in [1.29, 1.82) is 0 Å². The quantitative estimate of drug-likeness (QED) is 0.801. The van der Waals surface area contributed by atoms with Crippen molar-refractivity contribution in [2.75, 3.05) is 25.0 Å². The van der Waals surface area contributed by atoms with Crippen molar-refractivity contribution >= 4 is 6.01 Å². The van der Waals surface area contributed by atoms with Gasteiger partial charge in [0.1, 0.15) is 0 Å². The van der Waals surface area contributed by atoms with Crippen LogP contribution in [0.15, 0.2) is 4.52 Å². The van der Waals surface area contributed by atoms with Crippen molar-refractivity contribution in [3.63, 3.8) is 0 Å².